The van der Waals surface area contributed by atoms with E-state index in [-0.39, 0.29) is 6.61 Å². The molecule has 0 bridgehead atoms. The molecule has 1 aromatic carbocycles. The first-order valence-corrected chi connectivity index (χ1v) is 6.65. The summed E-state index contributed by atoms with van der Waals surface area (Å²) < 4.78 is 10.8. The lowest BCUT2D eigenvalue weighted by molar-refractivity contribution is -0.156. The molecule has 0 radical (unpaired) electrons. The normalized spacial score (nSPS) is 10.9. The first-order valence-electron chi connectivity index (χ1n) is 6.65. The highest BCUT2D eigenvalue weighted by Gasteiger charge is 2.35. The summed E-state index contributed by atoms with van der Waals surface area (Å²) in [5.41, 5.74) is -1.29. The van der Waals surface area contributed by atoms with Gasteiger partial charge in [0.1, 0.15) is 5.54 Å². The fraction of sp³-hybridized carbons (Fsp3) is 0.467. The number of rotatable bonds is 7. The molecule has 0 spiro atoms. The van der Waals surface area contributed by atoms with Crippen LogP contribution in [-0.4, -0.2) is 47.7 Å². The molecule has 0 aliphatic carbocycles. The number of amides is 1. The van der Waals surface area contributed by atoms with Gasteiger partial charge in [0, 0.05) is 7.05 Å². The van der Waals surface area contributed by atoms with Crippen molar-refractivity contribution < 1.29 is 24.2 Å². The fourth-order valence-electron chi connectivity index (χ4n) is 1.54. The molecule has 0 saturated heterocycles. The Balaban J connectivity index is 2.71. The van der Waals surface area contributed by atoms with Gasteiger partial charge >= 0.3 is 5.97 Å². The van der Waals surface area contributed by atoms with Gasteiger partial charge in [0.05, 0.1) is 6.61 Å². The Bertz CT molecular complexity index is 513. The molecule has 0 saturated carbocycles. The third-order valence-electron chi connectivity index (χ3n) is 3.24. The minimum Gasteiger partial charge on any atom is -0.490 e. The van der Waals surface area contributed by atoms with E-state index < -0.39 is 17.4 Å². The van der Waals surface area contributed by atoms with Gasteiger partial charge in [-0.2, -0.15) is 0 Å². The van der Waals surface area contributed by atoms with Crippen molar-refractivity contribution in [2.24, 2.45) is 0 Å². The standard InChI is InChI=1S/C15H21NO5/c1-5-20-11-8-6-7-9-12(11)21-10-13(17)16(4)15(2,3)14(18)19/h6-9H,5,10H2,1-4H3,(H,18,19). The Morgan fingerprint density at radius 2 is 1.71 bits per heavy atom. The molecule has 6 heteroatoms. The fourth-order valence-corrected chi connectivity index (χ4v) is 1.54. The first kappa shape index (κ1) is 16.8. The predicted molar refractivity (Wildman–Crippen MR) is 77.6 cm³/mol. The van der Waals surface area contributed by atoms with Crippen molar-refractivity contribution in [2.45, 2.75) is 26.3 Å². The van der Waals surface area contributed by atoms with Gasteiger partial charge in [-0.1, -0.05) is 12.1 Å². The molecule has 0 aromatic heterocycles. The van der Waals surface area contributed by atoms with Crippen LogP contribution < -0.4 is 9.47 Å². The smallest absolute Gasteiger partial charge is 0.329 e. The number of nitrogens with zero attached hydrogens (tertiary/aromatic N) is 1. The summed E-state index contributed by atoms with van der Waals surface area (Å²) in [7, 11) is 1.44. The van der Waals surface area contributed by atoms with Gasteiger partial charge in [-0.15, -0.1) is 0 Å². The molecule has 0 fully saturated rings. The number of hydrogen-bond acceptors (Lipinski definition) is 4. The highest BCUT2D eigenvalue weighted by molar-refractivity contribution is 5.86. The highest BCUT2D eigenvalue weighted by atomic mass is 16.5. The summed E-state index contributed by atoms with van der Waals surface area (Å²) in [5.74, 6) is -0.496. The highest BCUT2D eigenvalue weighted by Crippen LogP contribution is 2.26. The third-order valence-corrected chi connectivity index (χ3v) is 3.24. The maximum atomic E-state index is 12.0. The average molecular weight is 295 g/mol. The van der Waals surface area contributed by atoms with Crippen LogP contribution in [-0.2, 0) is 9.59 Å². The third kappa shape index (κ3) is 4.11. The number of ether oxygens (including phenoxy) is 2. The zero-order chi connectivity index (χ0) is 16.0. The van der Waals surface area contributed by atoms with E-state index in [0.29, 0.717) is 18.1 Å². The molecule has 116 valence electrons. The lowest BCUT2D eigenvalue weighted by atomic mass is 10.0. The van der Waals surface area contributed by atoms with E-state index >= 15 is 0 Å². The van der Waals surface area contributed by atoms with Crippen LogP contribution in [0.5, 0.6) is 11.5 Å². The van der Waals surface area contributed by atoms with E-state index in [1.807, 2.05) is 6.92 Å². The topological polar surface area (TPSA) is 76.1 Å². The number of carbonyl (C=O) groups excluding carboxylic acids is 1. The Hall–Kier alpha value is -2.24. The average Bonchev–Trinajstić information content (AvgIpc) is 2.45. The van der Waals surface area contributed by atoms with Gasteiger partial charge in [0.15, 0.2) is 18.1 Å². The van der Waals surface area contributed by atoms with Crippen LogP contribution in [0.25, 0.3) is 0 Å². The maximum Gasteiger partial charge on any atom is 0.329 e. The predicted octanol–water partition coefficient (Wildman–Crippen LogP) is 1.79. The van der Waals surface area contributed by atoms with Gasteiger partial charge in [-0.25, -0.2) is 4.79 Å². The molecule has 0 heterocycles. The van der Waals surface area contributed by atoms with Gasteiger partial charge in [-0.3, -0.25) is 4.79 Å². The number of aliphatic carboxylic acids is 1. The van der Waals surface area contributed by atoms with Crippen molar-refractivity contribution in [3.8, 4) is 11.5 Å². The van der Waals surface area contributed by atoms with Gasteiger partial charge in [0.25, 0.3) is 5.91 Å². The molecule has 1 aromatic rings. The Labute approximate surface area is 124 Å². The molecule has 0 atom stereocenters. The molecule has 0 aliphatic rings. The van der Waals surface area contributed by atoms with Crippen LogP contribution in [0, 0.1) is 0 Å². The van der Waals surface area contributed by atoms with E-state index in [1.54, 1.807) is 24.3 Å². The van der Waals surface area contributed by atoms with Crippen LogP contribution in [0.1, 0.15) is 20.8 Å². The van der Waals surface area contributed by atoms with Gasteiger partial charge < -0.3 is 19.5 Å². The number of carbonyl (C=O) groups is 2. The van der Waals surface area contributed by atoms with Crippen molar-refractivity contribution >= 4 is 11.9 Å². The van der Waals surface area contributed by atoms with E-state index in [2.05, 4.69) is 0 Å². The summed E-state index contributed by atoms with van der Waals surface area (Å²) in [6.07, 6.45) is 0. The number of para-hydroxylation sites is 2. The van der Waals surface area contributed by atoms with E-state index in [4.69, 9.17) is 14.6 Å². The lowest BCUT2D eigenvalue weighted by Gasteiger charge is -2.31. The molecular weight excluding hydrogens is 274 g/mol. The quantitative estimate of drug-likeness (QED) is 0.830. The zero-order valence-corrected chi connectivity index (χ0v) is 12.8. The number of likely N-dealkylation sites (N-methyl/N-ethyl adjacent to an activating group) is 1. The molecule has 21 heavy (non-hydrogen) atoms. The lowest BCUT2D eigenvalue weighted by Crippen LogP contribution is -2.52. The SMILES string of the molecule is CCOc1ccccc1OCC(=O)N(C)C(C)(C)C(=O)O. The number of hydrogen-bond donors (Lipinski definition) is 1. The van der Waals surface area contributed by atoms with Crippen LogP contribution in [0.4, 0.5) is 0 Å². The summed E-state index contributed by atoms with van der Waals surface area (Å²) in [6, 6.07) is 7.02. The van der Waals surface area contributed by atoms with Crippen molar-refractivity contribution in [3.63, 3.8) is 0 Å². The summed E-state index contributed by atoms with van der Waals surface area (Å²) in [4.78, 5) is 24.3. The Kier molecular flexibility index (Phi) is 5.58. The summed E-state index contributed by atoms with van der Waals surface area (Å²) >= 11 is 0. The Morgan fingerprint density at radius 1 is 1.19 bits per heavy atom. The minimum atomic E-state index is -1.29. The van der Waals surface area contributed by atoms with Crippen molar-refractivity contribution in [3.05, 3.63) is 24.3 Å². The van der Waals surface area contributed by atoms with Gasteiger partial charge in [-0.05, 0) is 32.9 Å². The van der Waals surface area contributed by atoms with Crippen LogP contribution in [0.3, 0.4) is 0 Å². The van der Waals surface area contributed by atoms with Gasteiger partial charge in [0.2, 0.25) is 0 Å². The second-order valence-corrected chi connectivity index (χ2v) is 4.99. The molecule has 1 rings (SSSR count). The van der Waals surface area contributed by atoms with E-state index in [9.17, 15) is 9.59 Å². The number of benzene rings is 1. The largest absolute Gasteiger partial charge is 0.490 e. The van der Waals surface area contributed by atoms with E-state index in [0.717, 1.165) is 4.90 Å². The minimum absolute atomic E-state index is 0.253. The second-order valence-electron chi connectivity index (χ2n) is 4.99. The van der Waals surface area contributed by atoms with Crippen LogP contribution >= 0.6 is 0 Å². The van der Waals surface area contributed by atoms with Crippen molar-refractivity contribution in [1.29, 1.82) is 0 Å². The van der Waals surface area contributed by atoms with E-state index in [1.165, 1.54) is 20.9 Å². The number of carboxylic acid groups (broad SMARTS) is 1. The molecular formula is C15H21NO5. The maximum absolute atomic E-state index is 12.0. The van der Waals surface area contributed by atoms with Crippen LogP contribution in [0.15, 0.2) is 24.3 Å². The monoisotopic (exact) mass is 295 g/mol. The summed E-state index contributed by atoms with van der Waals surface area (Å²) in [5, 5.41) is 9.11. The first-order chi connectivity index (χ1) is 9.80. The number of carboxylic acids is 1. The molecule has 1 amide bonds. The van der Waals surface area contributed by atoms with Crippen molar-refractivity contribution in [2.75, 3.05) is 20.3 Å². The van der Waals surface area contributed by atoms with Crippen molar-refractivity contribution in [1.82, 2.24) is 4.90 Å². The van der Waals surface area contributed by atoms with Crippen LogP contribution in [0.2, 0.25) is 0 Å². The Morgan fingerprint density at radius 3 is 2.19 bits per heavy atom. The molecule has 6 nitrogen and oxygen atoms in total. The summed E-state index contributed by atoms with van der Waals surface area (Å²) in [6.45, 7) is 5.01. The molecule has 1 N–H and O–H groups in total. The molecule has 0 aliphatic heterocycles. The zero-order valence-electron chi connectivity index (χ0n) is 12.8. The molecule has 0 unspecified atom stereocenters. The second kappa shape index (κ2) is 6.97.